The van der Waals surface area contributed by atoms with Crippen LogP contribution >= 0.6 is 0 Å². The molecule has 1 aromatic carbocycles. The smallest absolute Gasteiger partial charge is 0.258 e. The van der Waals surface area contributed by atoms with E-state index in [9.17, 15) is 14.7 Å². The first-order valence-electron chi connectivity index (χ1n) is 12.0. The van der Waals surface area contributed by atoms with Crippen LogP contribution in [0.4, 0.5) is 5.69 Å². The molecule has 0 unspecified atom stereocenters. The molecule has 1 aliphatic heterocycles. The van der Waals surface area contributed by atoms with Crippen molar-refractivity contribution in [1.29, 1.82) is 0 Å². The Morgan fingerprint density at radius 1 is 1.29 bits per heavy atom. The van der Waals surface area contributed by atoms with Gasteiger partial charge in [0.2, 0.25) is 5.91 Å². The number of carbonyl (C=O) groups is 2. The van der Waals surface area contributed by atoms with Crippen LogP contribution in [-0.2, 0) is 11.3 Å². The summed E-state index contributed by atoms with van der Waals surface area (Å²) in [4.78, 5) is 34.0. The van der Waals surface area contributed by atoms with Crippen molar-refractivity contribution in [3.8, 4) is 5.75 Å². The molecule has 1 aromatic heterocycles. The number of fused-ring (bicyclic) bond motifs is 1. The van der Waals surface area contributed by atoms with E-state index in [1.165, 1.54) is 0 Å². The number of hydrogen-bond donors (Lipinski definition) is 2. The molecule has 182 valence electrons. The molecule has 0 saturated heterocycles. The third kappa shape index (κ3) is 5.56. The molecule has 2 aliphatic rings. The lowest BCUT2D eigenvalue weighted by molar-refractivity contribution is -0.117. The van der Waals surface area contributed by atoms with E-state index >= 15 is 0 Å². The number of ether oxygens (including phenoxy) is 1. The molecule has 0 spiro atoms. The number of benzene rings is 1. The average Bonchev–Trinajstić information content (AvgIpc) is 3.67. The summed E-state index contributed by atoms with van der Waals surface area (Å²) in [5.41, 5.74) is 2.08. The summed E-state index contributed by atoms with van der Waals surface area (Å²) in [6, 6.07) is 8.93. The summed E-state index contributed by atoms with van der Waals surface area (Å²) in [6.07, 6.45) is 5.11. The van der Waals surface area contributed by atoms with Gasteiger partial charge in [0.1, 0.15) is 6.10 Å². The van der Waals surface area contributed by atoms with Gasteiger partial charge in [-0.05, 0) is 56.6 Å². The van der Waals surface area contributed by atoms with Gasteiger partial charge in [0.25, 0.3) is 5.91 Å². The number of aromatic nitrogens is 1. The average molecular weight is 467 g/mol. The molecule has 1 fully saturated rings. The summed E-state index contributed by atoms with van der Waals surface area (Å²) < 4.78 is 6.54. The van der Waals surface area contributed by atoms with E-state index in [2.05, 4.69) is 22.1 Å². The Morgan fingerprint density at radius 2 is 2.03 bits per heavy atom. The van der Waals surface area contributed by atoms with Gasteiger partial charge in [-0.3, -0.25) is 19.5 Å². The molecular weight excluding hydrogens is 432 g/mol. The van der Waals surface area contributed by atoms with E-state index in [1.807, 2.05) is 26.1 Å². The summed E-state index contributed by atoms with van der Waals surface area (Å²) in [6.45, 7) is 5.61. The molecule has 1 saturated carbocycles. The Bertz CT molecular complexity index is 1010. The molecule has 8 heteroatoms. The minimum Gasteiger partial charge on any atom is -0.486 e. The summed E-state index contributed by atoms with van der Waals surface area (Å²) in [5, 5.41) is 12.8. The van der Waals surface area contributed by atoms with E-state index in [-0.39, 0.29) is 42.4 Å². The molecule has 0 radical (unpaired) electrons. The van der Waals surface area contributed by atoms with Crippen LogP contribution in [0.25, 0.3) is 0 Å². The fourth-order valence-electron chi connectivity index (χ4n) is 4.31. The van der Waals surface area contributed by atoms with E-state index in [1.54, 1.807) is 35.5 Å². The molecule has 4 rings (SSSR count). The molecule has 0 bridgehead atoms. The zero-order chi connectivity index (χ0) is 24.2. The zero-order valence-electron chi connectivity index (χ0n) is 20.1. The van der Waals surface area contributed by atoms with Gasteiger partial charge in [-0.2, -0.15) is 0 Å². The van der Waals surface area contributed by atoms with E-state index in [0.717, 1.165) is 24.9 Å². The number of aliphatic hydroxyl groups is 1. The van der Waals surface area contributed by atoms with E-state index < -0.39 is 0 Å². The van der Waals surface area contributed by atoms with Crippen molar-refractivity contribution in [2.24, 2.45) is 11.8 Å². The normalized spacial score (nSPS) is 21.3. The topological polar surface area (TPSA) is 95.0 Å². The van der Waals surface area contributed by atoms with Crippen LogP contribution in [0.3, 0.4) is 0 Å². The molecule has 1 aliphatic carbocycles. The van der Waals surface area contributed by atoms with Crippen molar-refractivity contribution in [3.05, 3.63) is 53.9 Å². The highest BCUT2D eigenvalue weighted by atomic mass is 16.5. The number of amides is 2. The Kier molecular flexibility index (Phi) is 7.48. The molecule has 8 nitrogen and oxygen atoms in total. The van der Waals surface area contributed by atoms with Crippen molar-refractivity contribution in [2.75, 3.05) is 32.1 Å². The third-order valence-electron chi connectivity index (χ3n) is 6.59. The summed E-state index contributed by atoms with van der Waals surface area (Å²) in [7, 11) is 2.04. The minimum absolute atomic E-state index is 0.00169. The predicted molar refractivity (Wildman–Crippen MR) is 130 cm³/mol. The number of nitrogens with zero attached hydrogens (tertiary/aromatic N) is 3. The molecule has 2 N–H and O–H groups in total. The second kappa shape index (κ2) is 10.5. The highest BCUT2D eigenvalue weighted by Gasteiger charge is 2.35. The van der Waals surface area contributed by atoms with Crippen molar-refractivity contribution in [2.45, 2.75) is 45.4 Å². The Labute approximate surface area is 200 Å². The van der Waals surface area contributed by atoms with Gasteiger partial charge < -0.3 is 20.1 Å². The van der Waals surface area contributed by atoms with Crippen LogP contribution in [0.1, 0.15) is 42.6 Å². The lowest BCUT2D eigenvalue weighted by Gasteiger charge is -2.38. The van der Waals surface area contributed by atoms with Gasteiger partial charge in [0.15, 0.2) is 5.75 Å². The molecule has 2 aromatic rings. The minimum atomic E-state index is -0.333. The van der Waals surface area contributed by atoms with Crippen LogP contribution in [0.15, 0.2) is 42.7 Å². The molecule has 2 heterocycles. The number of para-hydroxylation sites is 1. The lowest BCUT2D eigenvalue weighted by atomic mass is 9.98. The quantitative estimate of drug-likeness (QED) is 0.621. The molecule has 3 atom stereocenters. The van der Waals surface area contributed by atoms with Gasteiger partial charge in [-0.1, -0.05) is 13.0 Å². The number of anilines is 1. The number of likely N-dealkylation sites (N-methyl/N-ethyl adjacent to an activating group) is 1. The number of rotatable bonds is 8. The van der Waals surface area contributed by atoms with Crippen LogP contribution < -0.4 is 10.1 Å². The van der Waals surface area contributed by atoms with Crippen LogP contribution in [0, 0.1) is 11.8 Å². The predicted octanol–water partition coefficient (Wildman–Crippen LogP) is 2.78. The monoisotopic (exact) mass is 466 g/mol. The maximum atomic E-state index is 13.5. The first-order valence-corrected chi connectivity index (χ1v) is 12.0. The second-order valence-electron chi connectivity index (χ2n) is 9.62. The SMILES string of the molecule is C[C@@H]1CN([C@H](C)CO)C(=O)c2cccc(NC(=O)C3CC3)c2O[C@H]1CN(C)Cc1ccncc1. The van der Waals surface area contributed by atoms with Crippen LogP contribution in [-0.4, -0.2) is 70.6 Å². The summed E-state index contributed by atoms with van der Waals surface area (Å²) >= 11 is 0. The highest BCUT2D eigenvalue weighted by molar-refractivity contribution is 6.02. The van der Waals surface area contributed by atoms with Crippen molar-refractivity contribution in [1.82, 2.24) is 14.8 Å². The largest absolute Gasteiger partial charge is 0.486 e. The Balaban J connectivity index is 1.64. The molecular formula is C26H34N4O4. The fraction of sp³-hybridized carbons (Fsp3) is 0.500. The number of nitrogens with one attached hydrogen (secondary N) is 1. The first-order chi connectivity index (χ1) is 16.4. The third-order valence-corrected chi connectivity index (χ3v) is 6.59. The van der Waals surface area contributed by atoms with E-state index in [4.69, 9.17) is 4.74 Å². The maximum Gasteiger partial charge on any atom is 0.258 e. The van der Waals surface area contributed by atoms with Gasteiger partial charge in [-0.25, -0.2) is 0 Å². The van der Waals surface area contributed by atoms with Gasteiger partial charge >= 0.3 is 0 Å². The number of carbonyl (C=O) groups excluding carboxylic acids is 2. The first kappa shape index (κ1) is 24.2. The Hall–Kier alpha value is -2.97. The van der Waals surface area contributed by atoms with Crippen LogP contribution in [0.2, 0.25) is 0 Å². The summed E-state index contributed by atoms with van der Waals surface area (Å²) in [5.74, 6) is 0.205. The number of pyridine rings is 1. The second-order valence-corrected chi connectivity index (χ2v) is 9.62. The van der Waals surface area contributed by atoms with Crippen molar-refractivity contribution < 1.29 is 19.4 Å². The maximum absolute atomic E-state index is 13.5. The van der Waals surface area contributed by atoms with Gasteiger partial charge in [0, 0.05) is 43.9 Å². The zero-order valence-corrected chi connectivity index (χ0v) is 20.1. The van der Waals surface area contributed by atoms with Gasteiger partial charge in [-0.15, -0.1) is 0 Å². The van der Waals surface area contributed by atoms with Gasteiger partial charge in [0.05, 0.1) is 23.9 Å². The van der Waals surface area contributed by atoms with Crippen LogP contribution in [0.5, 0.6) is 5.75 Å². The number of aliphatic hydroxyl groups excluding tert-OH is 1. The molecule has 34 heavy (non-hydrogen) atoms. The molecule has 2 amide bonds. The Morgan fingerprint density at radius 3 is 2.71 bits per heavy atom. The standard InChI is InChI=1S/C26H34N4O4/c1-17-13-30(18(2)16-31)26(33)21-5-4-6-22(28-25(32)20-7-8-20)24(21)34-23(17)15-29(3)14-19-9-11-27-12-10-19/h4-6,9-12,17-18,20,23,31H,7-8,13-16H2,1-3H3,(H,28,32)/t17-,18-,23+/m1/s1. The lowest BCUT2D eigenvalue weighted by Crippen LogP contribution is -2.49. The van der Waals surface area contributed by atoms with Crippen molar-refractivity contribution >= 4 is 17.5 Å². The highest BCUT2D eigenvalue weighted by Crippen LogP contribution is 2.37. The number of hydrogen-bond acceptors (Lipinski definition) is 6. The van der Waals surface area contributed by atoms with E-state index in [0.29, 0.717) is 30.1 Å². The fourth-order valence-corrected chi connectivity index (χ4v) is 4.31. The van der Waals surface area contributed by atoms with Crippen molar-refractivity contribution in [3.63, 3.8) is 0 Å².